The molecule has 5 nitrogen and oxygen atoms in total. The maximum absolute atomic E-state index is 5.91. The highest BCUT2D eigenvalue weighted by Gasteiger charge is 2.25. The second kappa shape index (κ2) is 8.65. The number of rotatable bonds is 6. The highest BCUT2D eigenvalue weighted by molar-refractivity contribution is 7.98. The molecule has 0 N–H and O–H groups in total. The Hall–Kier alpha value is -1.53. The fourth-order valence-electron chi connectivity index (χ4n) is 3.81. The number of benzene rings is 1. The van der Waals surface area contributed by atoms with E-state index in [0.29, 0.717) is 6.10 Å². The molecule has 2 aromatic rings. The second-order valence-electron chi connectivity index (χ2n) is 7.97. The Morgan fingerprint density at radius 2 is 1.89 bits per heavy atom. The average Bonchev–Trinajstić information content (AvgIpc) is 3.33. The molecule has 6 heteroatoms. The zero-order valence-electron chi connectivity index (χ0n) is 16.4. The normalized spacial score (nSPS) is 21.1. The van der Waals surface area contributed by atoms with Crippen molar-refractivity contribution in [3.8, 4) is 0 Å². The molecule has 3 heterocycles. The molecule has 1 atom stereocenters. The molecule has 2 fully saturated rings. The molecule has 0 aliphatic carbocycles. The minimum Gasteiger partial charge on any atom is -0.376 e. The van der Waals surface area contributed by atoms with E-state index in [9.17, 15) is 0 Å². The maximum atomic E-state index is 5.91. The lowest BCUT2D eigenvalue weighted by Gasteiger charge is -2.31. The Morgan fingerprint density at radius 3 is 2.59 bits per heavy atom. The zero-order valence-corrected chi connectivity index (χ0v) is 17.2. The van der Waals surface area contributed by atoms with E-state index in [4.69, 9.17) is 4.74 Å². The van der Waals surface area contributed by atoms with Gasteiger partial charge in [-0.2, -0.15) is 0 Å². The van der Waals surface area contributed by atoms with E-state index in [2.05, 4.69) is 57.8 Å². The summed E-state index contributed by atoms with van der Waals surface area (Å²) in [6.07, 6.45) is 5.06. The molecule has 1 aromatic heterocycles. The van der Waals surface area contributed by atoms with Gasteiger partial charge in [0, 0.05) is 25.4 Å². The summed E-state index contributed by atoms with van der Waals surface area (Å²) in [5.41, 5.74) is 2.62. The van der Waals surface area contributed by atoms with Crippen LogP contribution in [0.2, 0.25) is 0 Å². The predicted octanol–water partition coefficient (Wildman–Crippen LogP) is 4.29. The summed E-state index contributed by atoms with van der Waals surface area (Å²) >= 11 is 1.78. The first-order valence-electron chi connectivity index (χ1n) is 10.2. The van der Waals surface area contributed by atoms with Gasteiger partial charge >= 0.3 is 0 Å². The van der Waals surface area contributed by atoms with Crippen LogP contribution in [0.3, 0.4) is 0 Å². The minimum absolute atomic E-state index is 0.294. The van der Waals surface area contributed by atoms with Crippen LogP contribution in [0.15, 0.2) is 29.4 Å². The number of hydrogen-bond acceptors (Lipinski definition) is 5. The Kier molecular flexibility index (Phi) is 6.03. The third-order valence-corrected chi connectivity index (χ3v) is 6.70. The van der Waals surface area contributed by atoms with Gasteiger partial charge < -0.3 is 9.64 Å². The van der Waals surface area contributed by atoms with Crippen molar-refractivity contribution in [2.24, 2.45) is 5.92 Å². The number of thioether (sulfide) groups is 1. The van der Waals surface area contributed by atoms with Crippen LogP contribution in [0.1, 0.15) is 43.7 Å². The molecule has 27 heavy (non-hydrogen) atoms. The molecule has 1 aromatic carbocycles. The first kappa shape index (κ1) is 18.8. The number of piperidine rings is 1. The Bertz CT molecular complexity index is 731. The van der Waals surface area contributed by atoms with Gasteiger partial charge in [0.1, 0.15) is 0 Å². The molecule has 2 aliphatic heterocycles. The summed E-state index contributed by atoms with van der Waals surface area (Å²) in [5.74, 6) is 2.76. The number of aryl methyl sites for hydroxylation is 1. The largest absolute Gasteiger partial charge is 0.376 e. The Labute approximate surface area is 166 Å². The van der Waals surface area contributed by atoms with Crippen LogP contribution < -0.4 is 4.90 Å². The van der Waals surface area contributed by atoms with Crippen molar-refractivity contribution >= 4 is 17.7 Å². The van der Waals surface area contributed by atoms with Gasteiger partial charge in [-0.05, 0) is 44.1 Å². The predicted molar refractivity (Wildman–Crippen MR) is 110 cm³/mol. The molecule has 146 valence electrons. The zero-order chi connectivity index (χ0) is 18.6. The van der Waals surface area contributed by atoms with Crippen molar-refractivity contribution in [3.63, 3.8) is 0 Å². The SMILES string of the molecule is Cc1ccc(CSc2nnc(N3CCC(C)CC3)n2CC2CCCO2)cc1. The summed E-state index contributed by atoms with van der Waals surface area (Å²) < 4.78 is 8.22. The van der Waals surface area contributed by atoms with E-state index >= 15 is 0 Å². The molecule has 0 radical (unpaired) electrons. The smallest absolute Gasteiger partial charge is 0.228 e. The van der Waals surface area contributed by atoms with E-state index < -0.39 is 0 Å². The molecule has 1 unspecified atom stereocenters. The number of ether oxygens (including phenoxy) is 1. The van der Waals surface area contributed by atoms with Crippen molar-refractivity contribution in [1.82, 2.24) is 14.8 Å². The molecular formula is C21H30N4OS. The second-order valence-corrected chi connectivity index (χ2v) is 8.91. The topological polar surface area (TPSA) is 43.2 Å². The quantitative estimate of drug-likeness (QED) is 0.693. The van der Waals surface area contributed by atoms with Gasteiger partial charge in [-0.1, -0.05) is 48.5 Å². The fraction of sp³-hybridized carbons (Fsp3) is 0.619. The highest BCUT2D eigenvalue weighted by Crippen LogP contribution is 2.29. The number of anilines is 1. The molecule has 0 saturated carbocycles. The lowest BCUT2D eigenvalue weighted by atomic mass is 10.00. The lowest BCUT2D eigenvalue weighted by Crippen LogP contribution is -2.35. The van der Waals surface area contributed by atoms with Crippen LogP contribution in [0, 0.1) is 12.8 Å². The minimum atomic E-state index is 0.294. The standard InChI is InChI=1S/C21H30N4OS/c1-16-5-7-18(8-6-16)15-27-21-23-22-20(24-11-9-17(2)10-12-24)25(21)14-19-4-3-13-26-19/h5-8,17,19H,3-4,9-15H2,1-2H3. The van der Waals surface area contributed by atoms with Crippen molar-refractivity contribution in [2.45, 2.75) is 63.1 Å². The summed E-state index contributed by atoms with van der Waals surface area (Å²) in [4.78, 5) is 2.41. The first-order valence-corrected chi connectivity index (χ1v) is 11.2. The van der Waals surface area contributed by atoms with Crippen LogP contribution in [-0.2, 0) is 17.0 Å². The van der Waals surface area contributed by atoms with E-state index in [1.165, 1.54) is 24.0 Å². The van der Waals surface area contributed by atoms with Gasteiger partial charge in [0.05, 0.1) is 12.6 Å². The number of hydrogen-bond donors (Lipinski definition) is 0. The van der Waals surface area contributed by atoms with Crippen LogP contribution >= 0.6 is 11.8 Å². The van der Waals surface area contributed by atoms with E-state index in [1.807, 2.05) is 0 Å². The average molecular weight is 387 g/mol. The van der Waals surface area contributed by atoms with Gasteiger partial charge in [-0.3, -0.25) is 4.57 Å². The summed E-state index contributed by atoms with van der Waals surface area (Å²) in [7, 11) is 0. The van der Waals surface area contributed by atoms with Crippen molar-refractivity contribution in [2.75, 3.05) is 24.6 Å². The highest BCUT2D eigenvalue weighted by atomic mass is 32.2. The number of nitrogens with zero attached hydrogens (tertiary/aromatic N) is 4. The van der Waals surface area contributed by atoms with Crippen LogP contribution in [0.5, 0.6) is 0 Å². The van der Waals surface area contributed by atoms with Crippen molar-refractivity contribution < 1.29 is 4.74 Å². The Balaban J connectivity index is 1.51. The Morgan fingerprint density at radius 1 is 1.11 bits per heavy atom. The van der Waals surface area contributed by atoms with E-state index in [1.54, 1.807) is 11.8 Å². The van der Waals surface area contributed by atoms with Crippen LogP contribution in [0.4, 0.5) is 5.95 Å². The van der Waals surface area contributed by atoms with Crippen LogP contribution in [0.25, 0.3) is 0 Å². The molecule has 2 aliphatic rings. The summed E-state index contributed by atoms with van der Waals surface area (Å²) in [6, 6.07) is 8.76. The summed E-state index contributed by atoms with van der Waals surface area (Å²) in [6.45, 7) is 8.37. The van der Waals surface area contributed by atoms with Gasteiger partial charge in [0.15, 0.2) is 5.16 Å². The third kappa shape index (κ3) is 4.66. The van der Waals surface area contributed by atoms with Crippen molar-refractivity contribution in [3.05, 3.63) is 35.4 Å². The third-order valence-electron chi connectivity index (χ3n) is 5.66. The molecular weight excluding hydrogens is 356 g/mol. The van der Waals surface area contributed by atoms with Gasteiger partial charge in [-0.25, -0.2) is 0 Å². The summed E-state index contributed by atoms with van der Waals surface area (Å²) in [5, 5.41) is 10.2. The molecule has 2 saturated heterocycles. The maximum Gasteiger partial charge on any atom is 0.228 e. The fourth-order valence-corrected chi connectivity index (χ4v) is 4.71. The molecule has 4 rings (SSSR count). The molecule has 0 amide bonds. The van der Waals surface area contributed by atoms with Gasteiger partial charge in [0.2, 0.25) is 5.95 Å². The molecule has 0 spiro atoms. The monoisotopic (exact) mass is 386 g/mol. The van der Waals surface area contributed by atoms with Crippen LogP contribution in [-0.4, -0.2) is 40.6 Å². The first-order chi connectivity index (χ1) is 13.2. The lowest BCUT2D eigenvalue weighted by molar-refractivity contribution is 0.0951. The molecule has 0 bridgehead atoms. The van der Waals surface area contributed by atoms with Gasteiger partial charge in [0.25, 0.3) is 0 Å². The number of aromatic nitrogens is 3. The van der Waals surface area contributed by atoms with Gasteiger partial charge in [-0.15, -0.1) is 10.2 Å². The van der Waals surface area contributed by atoms with Crippen molar-refractivity contribution in [1.29, 1.82) is 0 Å². The van der Waals surface area contributed by atoms with E-state index in [-0.39, 0.29) is 0 Å². The van der Waals surface area contributed by atoms with E-state index in [0.717, 1.165) is 61.9 Å².